The van der Waals surface area contributed by atoms with E-state index >= 15 is 0 Å². The molecule has 1 heteroatoms. The Balaban J connectivity index is 1.56. The third-order valence-electron chi connectivity index (χ3n) is 11.1. The summed E-state index contributed by atoms with van der Waals surface area (Å²) in [7, 11) is 0. The molecule has 1 N–H and O–H groups in total. The summed E-state index contributed by atoms with van der Waals surface area (Å²) >= 11 is 0. The maximum Gasteiger partial charge on any atom is 0.0543 e. The Hall–Kier alpha value is -0.300. The van der Waals surface area contributed by atoms with Gasteiger partial charge in [0.05, 0.1) is 6.10 Å². The van der Waals surface area contributed by atoms with Crippen molar-refractivity contribution in [2.24, 2.45) is 45.8 Å². The second-order valence-corrected chi connectivity index (χ2v) is 12.8. The van der Waals surface area contributed by atoms with E-state index in [4.69, 9.17) is 0 Å². The first-order valence-electron chi connectivity index (χ1n) is 13.0. The maximum atomic E-state index is 10.3. The molecule has 0 aromatic carbocycles. The van der Waals surface area contributed by atoms with Crippen LogP contribution in [0.15, 0.2) is 11.6 Å². The van der Waals surface area contributed by atoms with E-state index in [1.54, 1.807) is 0 Å². The van der Waals surface area contributed by atoms with Gasteiger partial charge in [0.1, 0.15) is 0 Å². The van der Waals surface area contributed by atoms with Crippen molar-refractivity contribution in [1.29, 1.82) is 0 Å². The minimum absolute atomic E-state index is 0.0463. The topological polar surface area (TPSA) is 20.2 Å². The Morgan fingerprint density at radius 3 is 2.48 bits per heavy atom. The first kappa shape index (κ1) is 21.9. The zero-order valence-electron chi connectivity index (χ0n) is 20.3. The van der Waals surface area contributed by atoms with Crippen molar-refractivity contribution in [2.75, 3.05) is 0 Å². The second kappa shape index (κ2) is 7.68. The molecule has 0 amide bonds. The van der Waals surface area contributed by atoms with Gasteiger partial charge in [-0.25, -0.2) is 0 Å². The van der Waals surface area contributed by atoms with Gasteiger partial charge >= 0.3 is 0 Å². The van der Waals surface area contributed by atoms with Crippen molar-refractivity contribution in [3.8, 4) is 0 Å². The Bertz CT molecular complexity index is 634. The SMILES string of the molecule is CC(C)CCC[C@@H](C)[C@H]1CC[C@@]2(C)C3=CCC4C[C@@H](O)CC[C@]4(C)[C@H]3CC[C@]12C. The van der Waals surface area contributed by atoms with Gasteiger partial charge in [-0.05, 0) is 97.2 Å². The zero-order valence-corrected chi connectivity index (χ0v) is 20.3. The van der Waals surface area contributed by atoms with Crippen molar-refractivity contribution in [3.05, 3.63) is 11.6 Å². The molecule has 1 nitrogen and oxygen atoms in total. The van der Waals surface area contributed by atoms with Crippen LogP contribution < -0.4 is 0 Å². The fraction of sp³-hybridized carbons (Fsp3) is 0.929. The lowest BCUT2D eigenvalue weighted by Crippen LogP contribution is -2.53. The normalized spacial score (nSPS) is 47.9. The Kier molecular flexibility index (Phi) is 5.81. The predicted octanol–water partition coefficient (Wildman–Crippen LogP) is 7.78. The Labute approximate surface area is 181 Å². The molecule has 8 atom stereocenters. The van der Waals surface area contributed by atoms with Gasteiger partial charge < -0.3 is 5.11 Å². The van der Waals surface area contributed by atoms with E-state index in [0.29, 0.717) is 22.2 Å². The van der Waals surface area contributed by atoms with Crippen LogP contribution in [0.1, 0.15) is 112 Å². The molecule has 0 saturated heterocycles. The van der Waals surface area contributed by atoms with E-state index in [9.17, 15) is 5.11 Å². The van der Waals surface area contributed by atoms with Crippen molar-refractivity contribution >= 4 is 0 Å². The lowest BCUT2D eigenvalue weighted by atomic mass is 9.43. The summed E-state index contributed by atoms with van der Waals surface area (Å²) < 4.78 is 0. The minimum Gasteiger partial charge on any atom is -0.393 e. The van der Waals surface area contributed by atoms with Crippen LogP contribution in [0.25, 0.3) is 0 Å². The molecule has 0 aromatic rings. The fourth-order valence-corrected chi connectivity index (χ4v) is 8.88. The largest absolute Gasteiger partial charge is 0.393 e. The number of hydrogen-bond donors (Lipinski definition) is 1. The average molecular weight is 401 g/mol. The molecule has 29 heavy (non-hydrogen) atoms. The highest BCUT2D eigenvalue weighted by Crippen LogP contribution is 2.72. The Morgan fingerprint density at radius 2 is 1.76 bits per heavy atom. The molecular weight excluding hydrogens is 352 g/mol. The number of allylic oxidation sites excluding steroid dienone is 2. The molecule has 3 fully saturated rings. The molecule has 0 radical (unpaired) electrons. The quantitative estimate of drug-likeness (QED) is 0.467. The monoisotopic (exact) mass is 400 g/mol. The van der Waals surface area contributed by atoms with Crippen molar-refractivity contribution in [1.82, 2.24) is 0 Å². The van der Waals surface area contributed by atoms with Crippen LogP contribution in [0.3, 0.4) is 0 Å². The first-order valence-corrected chi connectivity index (χ1v) is 13.0. The third kappa shape index (κ3) is 3.37. The Morgan fingerprint density at radius 1 is 1.00 bits per heavy atom. The van der Waals surface area contributed by atoms with E-state index in [1.807, 2.05) is 5.57 Å². The number of fused-ring (bicyclic) bond motifs is 5. The first-order chi connectivity index (χ1) is 13.6. The van der Waals surface area contributed by atoms with Crippen LogP contribution in [0.4, 0.5) is 0 Å². The van der Waals surface area contributed by atoms with Crippen LogP contribution in [0.5, 0.6) is 0 Å². The van der Waals surface area contributed by atoms with Gasteiger partial charge in [-0.2, -0.15) is 0 Å². The molecule has 0 aliphatic heterocycles. The summed E-state index contributed by atoms with van der Waals surface area (Å²) in [6.07, 6.45) is 17.1. The van der Waals surface area contributed by atoms with Crippen LogP contribution in [0.2, 0.25) is 0 Å². The maximum absolute atomic E-state index is 10.3. The van der Waals surface area contributed by atoms with Crippen LogP contribution in [-0.2, 0) is 0 Å². The van der Waals surface area contributed by atoms with Crippen molar-refractivity contribution in [3.63, 3.8) is 0 Å². The molecule has 4 aliphatic rings. The van der Waals surface area contributed by atoms with Crippen LogP contribution >= 0.6 is 0 Å². The van der Waals surface area contributed by atoms with E-state index in [1.165, 1.54) is 57.8 Å². The van der Waals surface area contributed by atoms with E-state index in [0.717, 1.165) is 36.5 Å². The minimum atomic E-state index is -0.0463. The third-order valence-corrected chi connectivity index (χ3v) is 11.1. The van der Waals surface area contributed by atoms with Gasteiger partial charge in [0, 0.05) is 0 Å². The standard InChI is InChI=1S/C28H48O/c1-19(2)8-7-9-20(3)23-13-16-28(6)25-11-10-21-18-22(29)12-15-26(21,4)24(25)14-17-27(23,28)5/h11,19-24,29H,7-10,12-18H2,1-6H3/t20-,21?,22+,23-,24+,26+,27-,28+/m1/s1. The van der Waals surface area contributed by atoms with Gasteiger partial charge in [0.2, 0.25) is 0 Å². The van der Waals surface area contributed by atoms with Gasteiger partial charge in [-0.3, -0.25) is 0 Å². The molecular formula is C28H48O. The molecule has 166 valence electrons. The second-order valence-electron chi connectivity index (χ2n) is 12.8. The highest BCUT2D eigenvalue weighted by atomic mass is 16.3. The molecule has 0 heterocycles. The van der Waals surface area contributed by atoms with Crippen molar-refractivity contribution in [2.45, 2.75) is 118 Å². The molecule has 4 aliphatic carbocycles. The summed E-state index contributed by atoms with van der Waals surface area (Å²) in [4.78, 5) is 0. The summed E-state index contributed by atoms with van der Waals surface area (Å²) in [5.41, 5.74) is 3.20. The summed E-state index contributed by atoms with van der Waals surface area (Å²) in [6, 6.07) is 0. The van der Waals surface area contributed by atoms with Crippen LogP contribution in [0, 0.1) is 45.8 Å². The van der Waals surface area contributed by atoms with E-state index < -0.39 is 0 Å². The zero-order chi connectivity index (χ0) is 21.0. The fourth-order valence-electron chi connectivity index (χ4n) is 8.88. The number of hydrogen-bond acceptors (Lipinski definition) is 1. The van der Waals surface area contributed by atoms with Gasteiger partial charge in [0.15, 0.2) is 0 Å². The smallest absolute Gasteiger partial charge is 0.0543 e. The van der Waals surface area contributed by atoms with Gasteiger partial charge in [-0.1, -0.05) is 72.5 Å². The number of rotatable bonds is 5. The van der Waals surface area contributed by atoms with E-state index in [2.05, 4.69) is 47.6 Å². The molecule has 4 rings (SSSR count). The summed E-state index contributed by atoms with van der Waals surface area (Å²) in [6.45, 7) is 15.2. The molecule has 3 saturated carbocycles. The van der Waals surface area contributed by atoms with Crippen LogP contribution in [-0.4, -0.2) is 11.2 Å². The lowest BCUT2D eigenvalue weighted by Gasteiger charge is -2.61. The van der Waals surface area contributed by atoms with E-state index in [-0.39, 0.29) is 6.10 Å². The van der Waals surface area contributed by atoms with Gasteiger partial charge in [-0.15, -0.1) is 0 Å². The molecule has 0 aromatic heterocycles. The highest BCUT2D eigenvalue weighted by Gasteiger charge is 2.63. The predicted molar refractivity (Wildman–Crippen MR) is 124 cm³/mol. The number of aliphatic hydroxyl groups excluding tert-OH is 1. The average Bonchev–Trinajstić information content (AvgIpc) is 2.93. The number of aliphatic hydroxyl groups is 1. The highest BCUT2D eigenvalue weighted by molar-refractivity contribution is 5.32. The molecule has 0 spiro atoms. The molecule has 1 unspecified atom stereocenters. The summed E-state index contributed by atoms with van der Waals surface area (Å²) in [5.74, 6) is 4.11. The van der Waals surface area contributed by atoms with Crippen molar-refractivity contribution < 1.29 is 5.11 Å². The lowest BCUT2D eigenvalue weighted by molar-refractivity contribution is -0.0628. The summed E-state index contributed by atoms with van der Waals surface area (Å²) in [5, 5.41) is 10.3. The van der Waals surface area contributed by atoms with Gasteiger partial charge in [0.25, 0.3) is 0 Å². The molecule has 0 bridgehead atoms.